The third-order valence-corrected chi connectivity index (χ3v) is 8.42. The van der Waals surface area contributed by atoms with Crippen LogP contribution in [0.3, 0.4) is 0 Å². The first-order valence-corrected chi connectivity index (χ1v) is 13.9. The average molecular weight is 534 g/mol. The van der Waals surface area contributed by atoms with Crippen LogP contribution in [0.25, 0.3) is 11.1 Å². The number of pyridine rings is 1. The van der Waals surface area contributed by atoms with E-state index in [-0.39, 0.29) is 4.90 Å². The summed E-state index contributed by atoms with van der Waals surface area (Å²) in [6.45, 7) is 5.73. The molecule has 0 saturated heterocycles. The van der Waals surface area contributed by atoms with Crippen LogP contribution in [0.2, 0.25) is 0 Å². The number of aromatic hydroxyl groups is 1. The fourth-order valence-electron chi connectivity index (χ4n) is 4.58. The zero-order valence-corrected chi connectivity index (χ0v) is 22.7. The molecule has 4 aromatic rings. The number of hydrogen-bond acceptors (Lipinski definition) is 7. The number of benzene rings is 2. The summed E-state index contributed by atoms with van der Waals surface area (Å²) in [6, 6.07) is 14.8. The summed E-state index contributed by atoms with van der Waals surface area (Å²) < 4.78 is 34.3. The van der Waals surface area contributed by atoms with Crippen molar-refractivity contribution >= 4 is 9.84 Å². The van der Waals surface area contributed by atoms with Gasteiger partial charge in [-0.1, -0.05) is 43.7 Å². The Morgan fingerprint density at radius 1 is 1.08 bits per heavy atom. The molecule has 0 aliphatic rings. The van der Waals surface area contributed by atoms with E-state index in [0.29, 0.717) is 30.0 Å². The Bertz CT molecular complexity index is 1610. The van der Waals surface area contributed by atoms with Gasteiger partial charge in [-0.25, -0.2) is 8.42 Å². The van der Waals surface area contributed by atoms with Crippen LogP contribution >= 0.6 is 0 Å². The largest absolute Gasteiger partial charge is 0.496 e. The number of aromatic nitrogens is 3. The third-order valence-electron chi connectivity index (χ3n) is 6.63. The van der Waals surface area contributed by atoms with Crippen LogP contribution in [0, 0.1) is 6.92 Å². The maximum Gasteiger partial charge on any atom is 0.296 e. The molecule has 9 heteroatoms. The summed E-state index contributed by atoms with van der Waals surface area (Å²) in [6.07, 6.45) is 5.35. The number of hydrogen-bond donors (Lipinski definition) is 1. The van der Waals surface area contributed by atoms with E-state index in [0.717, 1.165) is 23.1 Å². The molecule has 0 unspecified atom stereocenters. The van der Waals surface area contributed by atoms with Gasteiger partial charge in [-0.05, 0) is 61.2 Å². The van der Waals surface area contributed by atoms with Gasteiger partial charge in [0.05, 0.1) is 18.0 Å². The first kappa shape index (κ1) is 27.1. The van der Waals surface area contributed by atoms with Crippen molar-refractivity contribution < 1.29 is 18.3 Å². The van der Waals surface area contributed by atoms with Gasteiger partial charge in [-0.3, -0.25) is 14.3 Å². The number of aryl methyl sites for hydroxylation is 2. The van der Waals surface area contributed by atoms with E-state index in [1.807, 2.05) is 38.1 Å². The van der Waals surface area contributed by atoms with Gasteiger partial charge in [0.25, 0.3) is 5.56 Å². The number of methoxy groups -OCH3 is 1. The highest BCUT2D eigenvalue weighted by molar-refractivity contribution is 7.91. The molecule has 0 fully saturated rings. The normalized spacial score (nSPS) is 12.3. The monoisotopic (exact) mass is 533 g/mol. The van der Waals surface area contributed by atoms with E-state index < -0.39 is 32.2 Å². The van der Waals surface area contributed by atoms with Crippen LogP contribution in [0.4, 0.5) is 0 Å². The third kappa shape index (κ3) is 5.06. The molecule has 0 saturated carbocycles. The molecule has 0 bridgehead atoms. The molecule has 0 aliphatic heterocycles. The molecule has 0 radical (unpaired) electrons. The molecule has 0 aliphatic carbocycles. The summed E-state index contributed by atoms with van der Waals surface area (Å²) in [4.78, 5) is 20.5. The Kier molecular flexibility index (Phi) is 7.97. The van der Waals surface area contributed by atoms with Gasteiger partial charge in [0.1, 0.15) is 11.6 Å². The van der Waals surface area contributed by atoms with Crippen molar-refractivity contribution in [2.75, 3.05) is 7.11 Å². The highest BCUT2D eigenvalue weighted by Gasteiger charge is 2.31. The van der Waals surface area contributed by atoms with Crippen LogP contribution in [0.15, 0.2) is 81.6 Å². The summed E-state index contributed by atoms with van der Waals surface area (Å²) in [5, 5.41) is 11.4. The minimum Gasteiger partial charge on any atom is -0.496 e. The Hall–Kier alpha value is -3.98. The lowest BCUT2D eigenvalue weighted by Crippen LogP contribution is -2.27. The molecule has 0 amide bonds. The molecule has 198 valence electrons. The van der Waals surface area contributed by atoms with Crippen molar-refractivity contribution in [3.05, 3.63) is 94.3 Å². The second-order valence-electron chi connectivity index (χ2n) is 9.10. The summed E-state index contributed by atoms with van der Waals surface area (Å²) in [5.41, 5.74) is 2.41. The second kappa shape index (κ2) is 11.2. The van der Waals surface area contributed by atoms with Crippen molar-refractivity contribution in [3.63, 3.8) is 0 Å². The standard InChI is InChI=1S/C29H31N3O5S/c1-5-6-11-26-31-28(33)27(29(34)32(26)20(3)24-9-7-8-10-25(24)37-4)38(35,36)22-14-12-21(13-15-22)23-16-17-30-18-19(23)2/h7-10,12-18,20,34H,5-6,11H2,1-4H3/t20-/m0/s1. The lowest BCUT2D eigenvalue weighted by Gasteiger charge is -2.24. The molecule has 38 heavy (non-hydrogen) atoms. The number of rotatable bonds is 9. The summed E-state index contributed by atoms with van der Waals surface area (Å²) in [7, 11) is -2.85. The fraction of sp³-hybridized carbons (Fsp3) is 0.276. The van der Waals surface area contributed by atoms with Crippen LogP contribution < -0.4 is 10.3 Å². The molecule has 1 atom stereocenters. The van der Waals surface area contributed by atoms with Gasteiger partial charge in [-0.15, -0.1) is 0 Å². The zero-order chi connectivity index (χ0) is 27.4. The SMILES string of the molecule is CCCCc1nc(=O)c(S(=O)(=O)c2ccc(-c3ccncc3C)cc2)c(O)n1[C@@H](C)c1ccccc1OC. The van der Waals surface area contributed by atoms with Gasteiger partial charge >= 0.3 is 0 Å². The van der Waals surface area contributed by atoms with Crippen LogP contribution in [0.1, 0.15) is 49.7 Å². The lowest BCUT2D eigenvalue weighted by molar-refractivity contribution is 0.360. The Morgan fingerprint density at radius 2 is 1.79 bits per heavy atom. The number of ether oxygens (including phenoxy) is 1. The number of para-hydroxylation sites is 1. The van der Waals surface area contributed by atoms with Crippen LogP contribution in [-0.4, -0.2) is 35.2 Å². The highest BCUT2D eigenvalue weighted by atomic mass is 32.2. The molecule has 2 aromatic carbocycles. The Balaban J connectivity index is 1.86. The minimum absolute atomic E-state index is 0.111. The predicted octanol–water partition coefficient (Wildman–Crippen LogP) is 5.11. The van der Waals surface area contributed by atoms with E-state index in [1.165, 1.54) is 16.7 Å². The van der Waals surface area contributed by atoms with E-state index in [4.69, 9.17) is 4.74 Å². The van der Waals surface area contributed by atoms with Crippen LogP contribution in [0.5, 0.6) is 11.6 Å². The molecule has 0 spiro atoms. The van der Waals surface area contributed by atoms with E-state index >= 15 is 0 Å². The molecule has 2 heterocycles. The highest BCUT2D eigenvalue weighted by Crippen LogP contribution is 2.35. The molecule has 8 nitrogen and oxygen atoms in total. The van der Waals surface area contributed by atoms with Crippen molar-refractivity contribution in [3.8, 4) is 22.8 Å². The molecule has 4 rings (SSSR count). The van der Waals surface area contributed by atoms with E-state index in [1.54, 1.807) is 44.6 Å². The predicted molar refractivity (Wildman–Crippen MR) is 145 cm³/mol. The smallest absolute Gasteiger partial charge is 0.296 e. The fourth-order valence-corrected chi connectivity index (χ4v) is 5.93. The van der Waals surface area contributed by atoms with Gasteiger partial charge in [0, 0.05) is 24.4 Å². The molecular formula is C29H31N3O5S. The first-order chi connectivity index (χ1) is 18.2. The summed E-state index contributed by atoms with van der Waals surface area (Å²) in [5.74, 6) is 0.254. The van der Waals surface area contributed by atoms with E-state index in [2.05, 4.69) is 9.97 Å². The molecular weight excluding hydrogens is 502 g/mol. The minimum atomic E-state index is -4.39. The summed E-state index contributed by atoms with van der Waals surface area (Å²) >= 11 is 0. The van der Waals surface area contributed by atoms with Crippen molar-refractivity contribution in [2.45, 2.75) is 55.9 Å². The average Bonchev–Trinajstić information content (AvgIpc) is 2.91. The maximum absolute atomic E-state index is 13.7. The van der Waals surface area contributed by atoms with Crippen molar-refractivity contribution in [1.29, 1.82) is 0 Å². The van der Waals surface area contributed by atoms with Crippen molar-refractivity contribution in [1.82, 2.24) is 14.5 Å². The number of unbranched alkanes of at least 4 members (excludes halogenated alkanes) is 1. The number of nitrogens with zero attached hydrogens (tertiary/aromatic N) is 3. The first-order valence-electron chi connectivity index (χ1n) is 12.4. The Morgan fingerprint density at radius 3 is 2.45 bits per heavy atom. The van der Waals surface area contributed by atoms with Gasteiger partial charge in [-0.2, -0.15) is 4.98 Å². The second-order valence-corrected chi connectivity index (χ2v) is 11.0. The van der Waals surface area contributed by atoms with E-state index in [9.17, 15) is 18.3 Å². The topological polar surface area (TPSA) is 111 Å². The lowest BCUT2D eigenvalue weighted by atomic mass is 10.0. The van der Waals surface area contributed by atoms with Crippen molar-refractivity contribution in [2.24, 2.45) is 0 Å². The Labute approximate surface area is 222 Å². The zero-order valence-electron chi connectivity index (χ0n) is 21.9. The molecule has 1 N–H and O–H groups in total. The van der Waals surface area contributed by atoms with Crippen LogP contribution in [-0.2, 0) is 16.3 Å². The number of sulfone groups is 1. The van der Waals surface area contributed by atoms with Gasteiger partial charge in [0.15, 0.2) is 4.90 Å². The van der Waals surface area contributed by atoms with Gasteiger partial charge in [0.2, 0.25) is 15.7 Å². The quantitative estimate of drug-likeness (QED) is 0.318. The maximum atomic E-state index is 13.7. The molecule has 2 aromatic heterocycles. The van der Waals surface area contributed by atoms with Gasteiger partial charge < -0.3 is 9.84 Å².